The van der Waals surface area contributed by atoms with Gasteiger partial charge in [0.2, 0.25) is 10.0 Å². The molecule has 0 aliphatic carbocycles. The summed E-state index contributed by atoms with van der Waals surface area (Å²) in [5.41, 5.74) is 1.38. The molecule has 33 heavy (non-hydrogen) atoms. The molecule has 0 aromatic heterocycles. The summed E-state index contributed by atoms with van der Waals surface area (Å²) in [5.74, 6) is 0.917. The van der Waals surface area contributed by atoms with Crippen molar-refractivity contribution in [1.29, 1.82) is 0 Å². The van der Waals surface area contributed by atoms with E-state index in [1.54, 1.807) is 36.4 Å². The van der Waals surface area contributed by atoms with Gasteiger partial charge in [-0.05, 0) is 54.6 Å². The number of halogens is 1. The van der Waals surface area contributed by atoms with E-state index in [0.29, 0.717) is 35.2 Å². The number of amides is 1. The summed E-state index contributed by atoms with van der Waals surface area (Å²) in [6, 6.07) is 20.4. The summed E-state index contributed by atoms with van der Waals surface area (Å²) < 4.78 is 36.6. The first-order valence-corrected chi connectivity index (χ1v) is 12.0. The number of nitrogens with zero attached hydrogens (tertiary/aromatic N) is 1. The fraction of sp³-hybridized carbons (Fsp3) is 0.208. The Kier molecular flexibility index (Phi) is 8.32. The molecule has 0 bridgehead atoms. The lowest BCUT2D eigenvalue weighted by Gasteiger charge is -2.12. The molecule has 0 radical (unpaired) electrons. The lowest BCUT2D eigenvalue weighted by Crippen LogP contribution is -2.28. The van der Waals surface area contributed by atoms with Gasteiger partial charge in [0.15, 0.2) is 0 Å². The van der Waals surface area contributed by atoms with Gasteiger partial charge in [0.1, 0.15) is 24.7 Å². The molecule has 1 amide bonds. The van der Waals surface area contributed by atoms with Crippen molar-refractivity contribution in [1.82, 2.24) is 9.62 Å². The van der Waals surface area contributed by atoms with E-state index in [1.807, 2.05) is 24.3 Å². The average Bonchev–Trinajstić information content (AvgIpc) is 2.81. The second kappa shape index (κ2) is 11.2. The van der Waals surface area contributed by atoms with Crippen molar-refractivity contribution in [2.45, 2.75) is 11.5 Å². The van der Waals surface area contributed by atoms with E-state index in [0.717, 1.165) is 9.87 Å². The van der Waals surface area contributed by atoms with Crippen LogP contribution in [0.25, 0.3) is 0 Å². The maximum Gasteiger partial charge on any atom is 0.251 e. The lowest BCUT2D eigenvalue weighted by molar-refractivity contribution is 0.0947. The molecule has 0 aliphatic heterocycles. The van der Waals surface area contributed by atoms with Crippen molar-refractivity contribution < 1.29 is 22.7 Å². The SMILES string of the molecule is CN(C)S(=O)(=O)c1ccc(OCCNC(=O)c2ccc(OCc3ccccc3Cl)cc2)cc1. The third-order valence-corrected chi connectivity index (χ3v) is 6.93. The number of nitrogens with one attached hydrogen (secondary N) is 1. The largest absolute Gasteiger partial charge is 0.492 e. The highest BCUT2D eigenvalue weighted by Crippen LogP contribution is 2.20. The fourth-order valence-electron chi connectivity index (χ4n) is 2.83. The third-order valence-electron chi connectivity index (χ3n) is 4.73. The average molecular weight is 489 g/mol. The van der Waals surface area contributed by atoms with Crippen LogP contribution in [0.1, 0.15) is 15.9 Å². The van der Waals surface area contributed by atoms with Crippen molar-refractivity contribution in [2.75, 3.05) is 27.2 Å². The zero-order valence-corrected chi connectivity index (χ0v) is 19.9. The van der Waals surface area contributed by atoms with Crippen molar-refractivity contribution in [3.05, 3.63) is 88.9 Å². The van der Waals surface area contributed by atoms with Crippen LogP contribution >= 0.6 is 11.6 Å². The molecule has 0 unspecified atom stereocenters. The van der Waals surface area contributed by atoms with Crippen LogP contribution in [0.4, 0.5) is 0 Å². The Labute approximate surface area is 198 Å². The molecule has 0 heterocycles. The minimum atomic E-state index is -3.48. The monoisotopic (exact) mass is 488 g/mol. The normalized spacial score (nSPS) is 11.3. The number of hydrogen-bond donors (Lipinski definition) is 1. The summed E-state index contributed by atoms with van der Waals surface area (Å²) >= 11 is 6.12. The Hall–Kier alpha value is -3.07. The van der Waals surface area contributed by atoms with Crippen LogP contribution in [0, 0.1) is 0 Å². The molecule has 7 nitrogen and oxygen atoms in total. The van der Waals surface area contributed by atoms with E-state index in [-0.39, 0.29) is 17.4 Å². The van der Waals surface area contributed by atoms with Crippen molar-refractivity contribution in [3.8, 4) is 11.5 Å². The molecular weight excluding hydrogens is 464 g/mol. The molecule has 0 saturated heterocycles. The van der Waals surface area contributed by atoms with Gasteiger partial charge in [0, 0.05) is 30.2 Å². The van der Waals surface area contributed by atoms with Crippen LogP contribution in [0.3, 0.4) is 0 Å². The lowest BCUT2D eigenvalue weighted by atomic mass is 10.2. The van der Waals surface area contributed by atoms with Gasteiger partial charge >= 0.3 is 0 Å². The van der Waals surface area contributed by atoms with E-state index in [9.17, 15) is 13.2 Å². The van der Waals surface area contributed by atoms with E-state index >= 15 is 0 Å². The van der Waals surface area contributed by atoms with Crippen LogP contribution in [0.15, 0.2) is 77.7 Å². The summed E-state index contributed by atoms with van der Waals surface area (Å²) in [6.07, 6.45) is 0. The second-order valence-corrected chi connectivity index (χ2v) is 9.83. The number of hydrogen-bond acceptors (Lipinski definition) is 5. The predicted molar refractivity (Wildman–Crippen MR) is 127 cm³/mol. The van der Waals surface area contributed by atoms with Crippen molar-refractivity contribution in [2.24, 2.45) is 0 Å². The van der Waals surface area contributed by atoms with E-state index in [2.05, 4.69) is 5.32 Å². The second-order valence-electron chi connectivity index (χ2n) is 7.27. The summed E-state index contributed by atoms with van der Waals surface area (Å²) in [4.78, 5) is 12.5. The topological polar surface area (TPSA) is 84.9 Å². The van der Waals surface area contributed by atoms with Crippen molar-refractivity contribution in [3.63, 3.8) is 0 Å². The Balaban J connectivity index is 1.43. The van der Waals surface area contributed by atoms with Gasteiger partial charge in [-0.3, -0.25) is 4.79 Å². The molecule has 0 spiro atoms. The Morgan fingerprint density at radius 3 is 2.15 bits per heavy atom. The highest BCUT2D eigenvalue weighted by molar-refractivity contribution is 7.89. The van der Waals surface area contributed by atoms with E-state index in [1.165, 1.54) is 26.2 Å². The predicted octanol–water partition coefficient (Wildman–Crippen LogP) is 3.98. The molecule has 1 N–H and O–H groups in total. The van der Waals surface area contributed by atoms with Gasteiger partial charge in [-0.15, -0.1) is 0 Å². The Bertz CT molecular complexity index is 1180. The van der Waals surface area contributed by atoms with Gasteiger partial charge in [-0.25, -0.2) is 12.7 Å². The highest BCUT2D eigenvalue weighted by atomic mass is 35.5. The number of ether oxygens (including phenoxy) is 2. The maximum absolute atomic E-state index is 12.3. The molecular formula is C24H25ClN2O5S. The summed E-state index contributed by atoms with van der Waals surface area (Å²) in [7, 11) is -0.526. The zero-order valence-electron chi connectivity index (χ0n) is 18.3. The first-order valence-electron chi connectivity index (χ1n) is 10.2. The Morgan fingerprint density at radius 1 is 0.909 bits per heavy atom. The first-order chi connectivity index (χ1) is 15.8. The van der Waals surface area contributed by atoms with E-state index in [4.69, 9.17) is 21.1 Å². The van der Waals surface area contributed by atoms with E-state index < -0.39 is 10.0 Å². The number of carbonyl (C=O) groups excluding carboxylic acids is 1. The third kappa shape index (κ3) is 6.71. The van der Waals surface area contributed by atoms with Crippen LogP contribution in [0.2, 0.25) is 5.02 Å². The molecule has 0 saturated carbocycles. The molecule has 0 atom stereocenters. The number of benzene rings is 3. The molecule has 9 heteroatoms. The Morgan fingerprint density at radius 2 is 1.52 bits per heavy atom. The molecule has 3 aromatic carbocycles. The van der Waals surface area contributed by atoms with Gasteiger partial charge in [-0.2, -0.15) is 0 Å². The maximum atomic E-state index is 12.3. The number of sulfonamides is 1. The fourth-order valence-corrected chi connectivity index (χ4v) is 3.93. The smallest absolute Gasteiger partial charge is 0.251 e. The quantitative estimate of drug-likeness (QED) is 0.436. The van der Waals surface area contributed by atoms with Gasteiger partial charge in [0.25, 0.3) is 5.91 Å². The molecule has 174 valence electrons. The first kappa shape index (κ1) is 24.6. The highest BCUT2D eigenvalue weighted by Gasteiger charge is 2.16. The number of carbonyl (C=O) groups is 1. The molecule has 0 fully saturated rings. The summed E-state index contributed by atoms with van der Waals surface area (Å²) in [6.45, 7) is 0.872. The van der Waals surface area contributed by atoms with Gasteiger partial charge < -0.3 is 14.8 Å². The molecule has 3 aromatic rings. The van der Waals surface area contributed by atoms with Crippen molar-refractivity contribution >= 4 is 27.5 Å². The minimum absolute atomic E-state index is 0.187. The van der Waals surface area contributed by atoms with Crippen LogP contribution in [-0.4, -0.2) is 45.9 Å². The van der Waals surface area contributed by atoms with Gasteiger partial charge in [0.05, 0.1) is 11.4 Å². The van der Waals surface area contributed by atoms with Crippen LogP contribution in [0.5, 0.6) is 11.5 Å². The van der Waals surface area contributed by atoms with Crippen LogP contribution < -0.4 is 14.8 Å². The molecule has 3 rings (SSSR count). The minimum Gasteiger partial charge on any atom is -0.492 e. The standard InChI is InChI=1S/C24H25ClN2O5S/c1-27(2)33(29,30)22-13-11-20(12-14-22)31-16-15-26-24(28)18-7-9-21(10-8-18)32-17-19-5-3-4-6-23(19)25/h3-14H,15-17H2,1-2H3,(H,26,28). The van der Waals surface area contributed by atoms with Crippen LogP contribution in [-0.2, 0) is 16.6 Å². The molecule has 0 aliphatic rings. The number of rotatable bonds is 10. The summed E-state index contributed by atoms with van der Waals surface area (Å²) in [5, 5.41) is 3.42. The van der Waals surface area contributed by atoms with Gasteiger partial charge in [-0.1, -0.05) is 29.8 Å². The zero-order chi connectivity index (χ0) is 23.8.